The number of nitrogens with two attached hydrogens (primary N) is 1. The van der Waals surface area contributed by atoms with Crippen molar-refractivity contribution in [1.29, 1.82) is 0 Å². The van der Waals surface area contributed by atoms with Crippen molar-refractivity contribution >= 4 is 0 Å². The molecule has 84 valence electrons. The van der Waals surface area contributed by atoms with E-state index in [2.05, 4.69) is 45.9 Å². The van der Waals surface area contributed by atoms with Crippen molar-refractivity contribution in [2.45, 2.75) is 33.7 Å². The van der Waals surface area contributed by atoms with E-state index in [0.29, 0.717) is 12.5 Å². The molecule has 0 saturated heterocycles. The Labute approximate surface area is 92.4 Å². The summed E-state index contributed by atoms with van der Waals surface area (Å²) in [7, 11) is 0. The molecule has 0 fully saturated rings. The summed E-state index contributed by atoms with van der Waals surface area (Å²) in [6.07, 6.45) is 0. The minimum atomic E-state index is 0.102. The zero-order valence-corrected chi connectivity index (χ0v) is 10.1. The number of rotatable bonds is 4. The Hall–Kier alpha value is -1.02. The molecule has 1 atom stereocenters. The lowest BCUT2D eigenvalue weighted by molar-refractivity contribution is 0.258. The van der Waals surface area contributed by atoms with E-state index in [-0.39, 0.29) is 6.04 Å². The summed E-state index contributed by atoms with van der Waals surface area (Å²) in [5.74, 6) is 1.40. The fourth-order valence-electron chi connectivity index (χ4n) is 1.24. The molecule has 1 aromatic rings. The van der Waals surface area contributed by atoms with Gasteiger partial charge in [0.15, 0.2) is 0 Å². The molecule has 0 unspecified atom stereocenters. The predicted molar refractivity (Wildman–Crippen MR) is 64.2 cm³/mol. The van der Waals surface area contributed by atoms with Gasteiger partial charge >= 0.3 is 0 Å². The molecule has 15 heavy (non-hydrogen) atoms. The van der Waals surface area contributed by atoms with E-state index < -0.39 is 0 Å². The molecule has 0 aromatic heterocycles. The lowest BCUT2D eigenvalue weighted by Gasteiger charge is -2.17. The van der Waals surface area contributed by atoms with Crippen LogP contribution in [-0.2, 0) is 0 Å². The van der Waals surface area contributed by atoms with E-state index in [1.807, 2.05) is 0 Å². The van der Waals surface area contributed by atoms with Gasteiger partial charge in [0.25, 0.3) is 0 Å². The summed E-state index contributed by atoms with van der Waals surface area (Å²) in [6, 6.07) is 6.32. The molecular weight excluding hydrogens is 186 g/mol. The summed E-state index contributed by atoms with van der Waals surface area (Å²) in [5, 5.41) is 0. The second kappa shape index (κ2) is 5.17. The Balaban J connectivity index is 2.61. The Morgan fingerprint density at radius 2 is 1.93 bits per heavy atom. The van der Waals surface area contributed by atoms with Gasteiger partial charge in [0.05, 0.1) is 0 Å². The molecule has 0 bridgehead atoms. The molecule has 2 nitrogen and oxygen atoms in total. The molecule has 0 heterocycles. The van der Waals surface area contributed by atoms with Crippen LogP contribution in [0.25, 0.3) is 0 Å². The molecule has 0 amide bonds. The fourth-order valence-corrected chi connectivity index (χ4v) is 1.24. The van der Waals surface area contributed by atoms with Crippen molar-refractivity contribution in [1.82, 2.24) is 0 Å². The van der Waals surface area contributed by atoms with Crippen LogP contribution in [0.4, 0.5) is 0 Å². The Morgan fingerprint density at radius 3 is 2.53 bits per heavy atom. The highest BCUT2D eigenvalue weighted by Crippen LogP contribution is 2.19. The number of hydrogen-bond acceptors (Lipinski definition) is 2. The molecule has 0 aliphatic heterocycles. The standard InChI is InChI=1S/C13H21NO/c1-9(2)12(14)8-15-13-7-10(3)5-6-11(13)4/h5-7,9,12H,8,14H2,1-4H3/t12-/m1/s1. The number of ether oxygens (including phenoxy) is 1. The smallest absolute Gasteiger partial charge is 0.122 e. The maximum Gasteiger partial charge on any atom is 0.122 e. The van der Waals surface area contributed by atoms with Crippen LogP contribution in [0.1, 0.15) is 25.0 Å². The maximum absolute atomic E-state index is 5.93. The molecule has 2 N–H and O–H groups in total. The van der Waals surface area contributed by atoms with E-state index in [0.717, 1.165) is 11.3 Å². The van der Waals surface area contributed by atoms with Gasteiger partial charge in [-0.05, 0) is 37.0 Å². The number of hydrogen-bond donors (Lipinski definition) is 1. The zero-order chi connectivity index (χ0) is 11.4. The highest BCUT2D eigenvalue weighted by atomic mass is 16.5. The average Bonchev–Trinajstić information content (AvgIpc) is 2.18. The predicted octanol–water partition coefficient (Wildman–Crippen LogP) is 2.67. The molecule has 2 heteroatoms. The molecule has 0 aliphatic carbocycles. The minimum Gasteiger partial charge on any atom is -0.492 e. The summed E-state index contributed by atoms with van der Waals surface area (Å²) in [5.41, 5.74) is 8.31. The van der Waals surface area contributed by atoms with Gasteiger partial charge < -0.3 is 10.5 Å². The Kier molecular flexibility index (Phi) is 4.15. The van der Waals surface area contributed by atoms with Crippen molar-refractivity contribution in [3.8, 4) is 5.75 Å². The summed E-state index contributed by atoms with van der Waals surface area (Å²) >= 11 is 0. The molecule has 0 radical (unpaired) electrons. The Morgan fingerprint density at radius 1 is 1.27 bits per heavy atom. The van der Waals surface area contributed by atoms with Gasteiger partial charge in [-0.1, -0.05) is 26.0 Å². The number of benzene rings is 1. The molecule has 1 aromatic carbocycles. The van der Waals surface area contributed by atoms with Crippen LogP contribution in [0.3, 0.4) is 0 Å². The lowest BCUT2D eigenvalue weighted by Crippen LogP contribution is -2.33. The SMILES string of the molecule is Cc1ccc(C)c(OC[C@@H](N)C(C)C)c1. The maximum atomic E-state index is 5.93. The van der Waals surface area contributed by atoms with E-state index in [1.54, 1.807) is 0 Å². The summed E-state index contributed by atoms with van der Waals surface area (Å²) in [6.45, 7) is 8.92. The molecule has 0 saturated carbocycles. The first-order valence-electron chi connectivity index (χ1n) is 5.46. The van der Waals surface area contributed by atoms with Crippen molar-refractivity contribution in [2.75, 3.05) is 6.61 Å². The monoisotopic (exact) mass is 207 g/mol. The van der Waals surface area contributed by atoms with Crippen LogP contribution >= 0.6 is 0 Å². The normalized spacial score (nSPS) is 12.9. The van der Waals surface area contributed by atoms with Gasteiger partial charge in [0.2, 0.25) is 0 Å². The minimum absolute atomic E-state index is 0.102. The van der Waals surface area contributed by atoms with E-state index in [4.69, 9.17) is 10.5 Å². The van der Waals surface area contributed by atoms with Crippen LogP contribution in [-0.4, -0.2) is 12.6 Å². The zero-order valence-electron chi connectivity index (χ0n) is 10.1. The first-order valence-corrected chi connectivity index (χ1v) is 5.46. The van der Waals surface area contributed by atoms with Gasteiger partial charge in [0.1, 0.15) is 12.4 Å². The van der Waals surface area contributed by atoms with Gasteiger partial charge in [-0.3, -0.25) is 0 Å². The molecule has 1 rings (SSSR count). The third-order valence-electron chi connectivity index (χ3n) is 2.63. The third-order valence-corrected chi connectivity index (χ3v) is 2.63. The van der Waals surface area contributed by atoms with Gasteiger partial charge in [-0.25, -0.2) is 0 Å². The molecular formula is C13H21NO. The average molecular weight is 207 g/mol. The fraction of sp³-hybridized carbons (Fsp3) is 0.538. The summed E-state index contributed by atoms with van der Waals surface area (Å²) < 4.78 is 5.72. The van der Waals surface area contributed by atoms with E-state index in [1.165, 1.54) is 5.56 Å². The van der Waals surface area contributed by atoms with Crippen LogP contribution in [0, 0.1) is 19.8 Å². The number of aryl methyl sites for hydroxylation is 2. The van der Waals surface area contributed by atoms with E-state index in [9.17, 15) is 0 Å². The largest absolute Gasteiger partial charge is 0.492 e. The van der Waals surface area contributed by atoms with Gasteiger partial charge in [-0.2, -0.15) is 0 Å². The van der Waals surface area contributed by atoms with Crippen molar-refractivity contribution in [3.05, 3.63) is 29.3 Å². The summed E-state index contributed by atoms with van der Waals surface area (Å²) in [4.78, 5) is 0. The van der Waals surface area contributed by atoms with E-state index >= 15 is 0 Å². The topological polar surface area (TPSA) is 35.2 Å². The lowest BCUT2D eigenvalue weighted by atomic mass is 10.1. The van der Waals surface area contributed by atoms with Crippen LogP contribution in [0.15, 0.2) is 18.2 Å². The molecule has 0 aliphatic rings. The van der Waals surface area contributed by atoms with Crippen LogP contribution in [0.5, 0.6) is 5.75 Å². The first-order chi connectivity index (χ1) is 7.00. The molecule has 0 spiro atoms. The first kappa shape index (κ1) is 12.1. The highest BCUT2D eigenvalue weighted by molar-refractivity contribution is 5.35. The van der Waals surface area contributed by atoms with Crippen molar-refractivity contribution in [2.24, 2.45) is 11.7 Å². The highest BCUT2D eigenvalue weighted by Gasteiger charge is 2.09. The van der Waals surface area contributed by atoms with Gasteiger partial charge in [-0.15, -0.1) is 0 Å². The second-order valence-electron chi connectivity index (χ2n) is 4.49. The quantitative estimate of drug-likeness (QED) is 0.823. The van der Waals surface area contributed by atoms with Crippen LogP contribution in [0.2, 0.25) is 0 Å². The Bertz CT molecular complexity index is 320. The van der Waals surface area contributed by atoms with Crippen molar-refractivity contribution in [3.63, 3.8) is 0 Å². The third kappa shape index (κ3) is 3.56. The second-order valence-corrected chi connectivity index (χ2v) is 4.49. The van der Waals surface area contributed by atoms with Crippen LogP contribution < -0.4 is 10.5 Å². The van der Waals surface area contributed by atoms with Crippen molar-refractivity contribution < 1.29 is 4.74 Å². The van der Waals surface area contributed by atoms with Gasteiger partial charge in [0, 0.05) is 6.04 Å².